The van der Waals surface area contributed by atoms with E-state index in [0.717, 1.165) is 64.2 Å². The first-order chi connectivity index (χ1) is 21.4. The summed E-state index contributed by atoms with van der Waals surface area (Å²) >= 11 is 0. The number of hydrogen-bond acceptors (Lipinski definition) is 6. The van der Waals surface area contributed by atoms with Crippen molar-refractivity contribution in [1.29, 1.82) is 0 Å². The van der Waals surface area contributed by atoms with Crippen LogP contribution in [0.5, 0.6) is 0 Å². The second-order valence-electron chi connectivity index (χ2n) is 14.0. The van der Waals surface area contributed by atoms with E-state index in [2.05, 4.69) is 6.92 Å². The lowest BCUT2D eigenvalue weighted by atomic mass is 10.00. The maximum Gasteiger partial charge on any atom is 0.334 e. The van der Waals surface area contributed by atoms with Gasteiger partial charge in [-0.05, 0) is 45.1 Å². The van der Waals surface area contributed by atoms with Gasteiger partial charge >= 0.3 is 5.97 Å². The van der Waals surface area contributed by atoms with Crippen LogP contribution in [0, 0.1) is 0 Å². The Kier molecular flexibility index (Phi) is 22.4. The summed E-state index contributed by atoms with van der Waals surface area (Å²) in [5.41, 5.74) is 0.625. The Morgan fingerprint density at radius 3 is 1.41 bits per heavy atom. The van der Waals surface area contributed by atoms with Gasteiger partial charge in [0.15, 0.2) is 0 Å². The molecule has 2 aliphatic rings. The van der Waals surface area contributed by atoms with Crippen LogP contribution in [0.15, 0.2) is 11.6 Å². The molecule has 0 bridgehead atoms. The highest BCUT2D eigenvalue weighted by atomic mass is 16.5. The van der Waals surface area contributed by atoms with Gasteiger partial charge in [-0.3, -0.25) is 0 Å². The van der Waals surface area contributed by atoms with E-state index < -0.39 is 12.2 Å². The molecule has 0 aromatic rings. The van der Waals surface area contributed by atoms with Gasteiger partial charge in [-0.2, -0.15) is 0 Å². The highest BCUT2D eigenvalue weighted by Crippen LogP contribution is 2.28. The first-order valence-electron chi connectivity index (χ1n) is 19.0. The van der Waals surface area contributed by atoms with Crippen LogP contribution in [0.4, 0.5) is 0 Å². The number of cyclic esters (lactones) is 1. The van der Waals surface area contributed by atoms with Gasteiger partial charge in [0.2, 0.25) is 0 Å². The summed E-state index contributed by atoms with van der Waals surface area (Å²) < 4.78 is 11.2. The molecule has 0 aromatic carbocycles. The number of aliphatic hydroxyl groups excluding tert-OH is 3. The lowest BCUT2D eigenvalue weighted by molar-refractivity contribution is -0.139. The van der Waals surface area contributed by atoms with Gasteiger partial charge < -0.3 is 24.8 Å². The Hall–Kier alpha value is -0.950. The van der Waals surface area contributed by atoms with Crippen LogP contribution in [0.1, 0.15) is 187 Å². The number of rotatable bonds is 29. The number of unbranched alkanes of at least 4 members (excludes halogenated alkanes) is 19. The van der Waals surface area contributed by atoms with Crippen LogP contribution in [-0.2, 0) is 14.3 Å². The van der Waals surface area contributed by atoms with Crippen molar-refractivity contribution in [2.45, 2.75) is 224 Å². The zero-order valence-corrected chi connectivity index (χ0v) is 28.7. The molecule has 258 valence electrons. The molecule has 1 saturated heterocycles. The number of aliphatic hydroxyl groups is 3. The van der Waals surface area contributed by atoms with Crippen LogP contribution in [0.25, 0.3) is 0 Å². The zero-order valence-electron chi connectivity index (χ0n) is 28.7. The van der Waals surface area contributed by atoms with Crippen molar-refractivity contribution in [2.24, 2.45) is 0 Å². The van der Waals surface area contributed by atoms with Crippen molar-refractivity contribution in [1.82, 2.24) is 0 Å². The fraction of sp³-hybridized carbons (Fsp3) is 0.921. The van der Waals surface area contributed by atoms with Gasteiger partial charge in [-0.15, -0.1) is 0 Å². The highest BCUT2D eigenvalue weighted by molar-refractivity contribution is 5.90. The van der Waals surface area contributed by atoms with Gasteiger partial charge in [0.25, 0.3) is 0 Å². The molecular weight excluding hydrogens is 552 g/mol. The molecule has 0 saturated carbocycles. The molecule has 0 spiro atoms. The standard InChI is InChI=1S/C38H70O6/c1-3-4-5-6-7-8-9-13-16-19-22-25-34(40)36-27-28-37(44-36)35(41)26-23-20-17-14-11-10-12-15-18-21-24-33(39)30-32-29-31(2)43-38(32)42/h29,31,33-37,39-41H,3-28,30H2,1-2H3/t31-,33+,34+,35+,36+,37+/m0/s1. The van der Waals surface area contributed by atoms with Gasteiger partial charge in [0.05, 0.1) is 30.5 Å². The fourth-order valence-corrected chi connectivity index (χ4v) is 6.93. The van der Waals surface area contributed by atoms with E-state index in [4.69, 9.17) is 9.47 Å². The molecule has 6 atom stereocenters. The van der Waals surface area contributed by atoms with Crippen LogP contribution in [0.3, 0.4) is 0 Å². The van der Waals surface area contributed by atoms with Gasteiger partial charge in [0.1, 0.15) is 6.10 Å². The summed E-state index contributed by atoms with van der Waals surface area (Å²) in [5, 5.41) is 31.5. The van der Waals surface area contributed by atoms with Gasteiger partial charge in [-0.1, -0.05) is 142 Å². The summed E-state index contributed by atoms with van der Waals surface area (Å²) in [6, 6.07) is 0. The zero-order chi connectivity index (χ0) is 31.8. The van der Waals surface area contributed by atoms with E-state index in [1.165, 1.54) is 103 Å². The Morgan fingerprint density at radius 1 is 0.636 bits per heavy atom. The monoisotopic (exact) mass is 623 g/mol. The Morgan fingerprint density at radius 2 is 1.02 bits per heavy atom. The summed E-state index contributed by atoms with van der Waals surface area (Å²) in [5.74, 6) is -0.273. The summed E-state index contributed by atoms with van der Waals surface area (Å²) in [4.78, 5) is 11.6. The average Bonchev–Trinajstić information content (AvgIpc) is 3.62. The average molecular weight is 623 g/mol. The van der Waals surface area contributed by atoms with Crippen LogP contribution >= 0.6 is 0 Å². The molecule has 0 amide bonds. The Bertz CT molecular complexity index is 739. The predicted octanol–water partition coefficient (Wildman–Crippen LogP) is 9.26. The van der Waals surface area contributed by atoms with E-state index >= 15 is 0 Å². The predicted molar refractivity (Wildman–Crippen MR) is 181 cm³/mol. The second kappa shape index (κ2) is 25.2. The molecule has 0 aromatic heterocycles. The van der Waals surface area contributed by atoms with Crippen molar-refractivity contribution in [3.8, 4) is 0 Å². The lowest BCUT2D eigenvalue weighted by Crippen LogP contribution is -2.31. The van der Waals surface area contributed by atoms with Crippen molar-refractivity contribution in [2.75, 3.05) is 0 Å². The Labute approximate surface area is 270 Å². The smallest absolute Gasteiger partial charge is 0.334 e. The minimum Gasteiger partial charge on any atom is -0.455 e. The SMILES string of the molecule is CCCCCCCCCCCCC[C@@H](O)[C@H]1CC[C@H]([C@H](O)CCCCCCCCCCCC[C@@H](O)CC2=C[C@H](C)OC2=O)O1. The number of carbonyl (C=O) groups excluding carboxylic acids is 1. The highest BCUT2D eigenvalue weighted by Gasteiger charge is 2.34. The molecule has 6 nitrogen and oxygen atoms in total. The topological polar surface area (TPSA) is 96.2 Å². The molecule has 3 N–H and O–H groups in total. The fourth-order valence-electron chi connectivity index (χ4n) is 6.93. The van der Waals surface area contributed by atoms with Crippen LogP contribution in [-0.4, -0.2) is 57.9 Å². The largest absolute Gasteiger partial charge is 0.455 e. The third-order valence-electron chi connectivity index (χ3n) is 9.78. The second-order valence-corrected chi connectivity index (χ2v) is 14.0. The summed E-state index contributed by atoms with van der Waals surface area (Å²) in [7, 11) is 0. The molecule has 0 aliphatic carbocycles. The number of esters is 1. The maximum absolute atomic E-state index is 11.6. The number of ether oxygens (including phenoxy) is 2. The van der Waals surface area contributed by atoms with E-state index in [1.807, 2.05) is 13.0 Å². The van der Waals surface area contributed by atoms with E-state index in [-0.39, 0.29) is 30.4 Å². The van der Waals surface area contributed by atoms with E-state index in [9.17, 15) is 20.1 Å². The molecule has 1 fully saturated rings. The molecule has 2 rings (SSSR count). The molecule has 2 heterocycles. The lowest BCUT2D eigenvalue weighted by Gasteiger charge is -2.22. The molecule has 6 heteroatoms. The Balaban J connectivity index is 1.34. The van der Waals surface area contributed by atoms with Gasteiger partial charge in [0, 0.05) is 12.0 Å². The molecule has 0 unspecified atom stereocenters. The quantitative estimate of drug-likeness (QED) is 0.0568. The third-order valence-corrected chi connectivity index (χ3v) is 9.78. The summed E-state index contributed by atoms with van der Waals surface area (Å²) in [6.07, 6.45) is 31.1. The molecular formula is C38H70O6. The minimum absolute atomic E-state index is 0.0953. The van der Waals surface area contributed by atoms with Crippen molar-refractivity contribution in [3.05, 3.63) is 11.6 Å². The van der Waals surface area contributed by atoms with E-state index in [1.54, 1.807) is 0 Å². The minimum atomic E-state index is -0.449. The first kappa shape index (κ1) is 39.2. The first-order valence-corrected chi connectivity index (χ1v) is 19.0. The van der Waals surface area contributed by atoms with E-state index in [0.29, 0.717) is 12.0 Å². The van der Waals surface area contributed by atoms with Crippen LogP contribution in [0.2, 0.25) is 0 Å². The van der Waals surface area contributed by atoms with Crippen molar-refractivity contribution >= 4 is 5.97 Å². The number of hydrogen-bond donors (Lipinski definition) is 3. The number of carbonyl (C=O) groups is 1. The van der Waals surface area contributed by atoms with Crippen molar-refractivity contribution in [3.63, 3.8) is 0 Å². The summed E-state index contributed by atoms with van der Waals surface area (Å²) in [6.45, 7) is 4.11. The molecule has 2 aliphatic heterocycles. The normalized spacial score (nSPS) is 22.2. The van der Waals surface area contributed by atoms with Gasteiger partial charge in [-0.25, -0.2) is 4.79 Å². The third kappa shape index (κ3) is 18.3. The van der Waals surface area contributed by atoms with Crippen molar-refractivity contribution < 1.29 is 29.6 Å². The molecule has 44 heavy (non-hydrogen) atoms. The van der Waals surface area contributed by atoms with Crippen LogP contribution < -0.4 is 0 Å². The molecule has 0 radical (unpaired) electrons. The maximum atomic E-state index is 11.6.